The van der Waals surface area contributed by atoms with Gasteiger partial charge in [0.25, 0.3) is 0 Å². The van der Waals surface area contributed by atoms with Crippen LogP contribution in [0.4, 0.5) is 0 Å². The van der Waals surface area contributed by atoms with E-state index >= 15 is 0 Å². The summed E-state index contributed by atoms with van der Waals surface area (Å²) < 4.78 is 5.79. The summed E-state index contributed by atoms with van der Waals surface area (Å²) >= 11 is 0. The molecule has 0 aliphatic rings. The largest absolute Gasteiger partial charge is 0.464 e. The zero-order valence-corrected chi connectivity index (χ0v) is 11.2. The number of hydrogen-bond donors (Lipinski definition) is 1. The Morgan fingerprint density at radius 1 is 1.28 bits per heavy atom. The lowest BCUT2D eigenvalue weighted by Gasteiger charge is -2.13. The first kappa shape index (κ1) is 12.8. The van der Waals surface area contributed by atoms with Crippen molar-refractivity contribution in [1.29, 1.82) is 0 Å². The molecule has 0 radical (unpaired) electrons. The van der Waals surface area contributed by atoms with Crippen LogP contribution in [0.2, 0.25) is 0 Å². The van der Waals surface area contributed by atoms with Crippen molar-refractivity contribution in [2.45, 2.75) is 32.7 Å². The highest BCUT2D eigenvalue weighted by atomic mass is 16.3. The van der Waals surface area contributed by atoms with Crippen LogP contribution in [-0.2, 0) is 12.8 Å². The minimum atomic E-state index is 0.181. The smallest absolute Gasteiger partial charge is 0.121 e. The molecule has 0 aliphatic carbocycles. The molecule has 2 rings (SSSR count). The average molecular weight is 244 g/mol. The molecule has 1 unspecified atom stereocenters. The van der Waals surface area contributed by atoms with Crippen LogP contribution in [0, 0.1) is 6.92 Å². The molecule has 0 amide bonds. The van der Waals surface area contributed by atoms with Gasteiger partial charge in [0.1, 0.15) is 11.5 Å². The predicted molar refractivity (Wildman–Crippen MR) is 72.6 cm³/mol. The molecule has 2 heterocycles. The van der Waals surface area contributed by atoms with E-state index in [-0.39, 0.29) is 6.04 Å². The molecule has 0 fully saturated rings. The summed E-state index contributed by atoms with van der Waals surface area (Å²) in [4.78, 5) is 4.44. The maximum absolute atomic E-state index is 5.79. The number of nitrogens with zero attached hydrogens (tertiary/aromatic N) is 1. The highest BCUT2D eigenvalue weighted by molar-refractivity contribution is 5.17. The second-order valence-corrected chi connectivity index (χ2v) is 4.53. The van der Waals surface area contributed by atoms with Crippen molar-refractivity contribution in [2.24, 2.45) is 0 Å². The standard InChI is InChI=1S/C15H20N2O/c1-4-13-7-8-15(18-13)14(16-3)9-12-6-5-11(2)10-17-12/h5-8,10,14,16H,4,9H2,1-3H3. The van der Waals surface area contributed by atoms with Gasteiger partial charge >= 0.3 is 0 Å². The lowest BCUT2D eigenvalue weighted by atomic mass is 10.1. The molecule has 3 nitrogen and oxygen atoms in total. The van der Waals surface area contributed by atoms with Crippen LogP contribution in [0.3, 0.4) is 0 Å². The summed E-state index contributed by atoms with van der Waals surface area (Å²) in [6, 6.07) is 8.44. The summed E-state index contributed by atoms with van der Waals surface area (Å²) in [6.45, 7) is 4.14. The van der Waals surface area contributed by atoms with Gasteiger partial charge in [-0.1, -0.05) is 13.0 Å². The van der Waals surface area contributed by atoms with Gasteiger partial charge in [-0.2, -0.15) is 0 Å². The van der Waals surface area contributed by atoms with Gasteiger partial charge in [0.15, 0.2) is 0 Å². The lowest BCUT2D eigenvalue weighted by Crippen LogP contribution is -2.18. The molecular formula is C15H20N2O. The van der Waals surface area contributed by atoms with Crippen LogP contribution in [-0.4, -0.2) is 12.0 Å². The Balaban J connectivity index is 2.11. The molecule has 0 saturated heterocycles. The second kappa shape index (κ2) is 5.83. The number of furan rings is 1. The third kappa shape index (κ3) is 2.99. The van der Waals surface area contributed by atoms with Crippen molar-refractivity contribution < 1.29 is 4.42 Å². The van der Waals surface area contributed by atoms with E-state index in [0.717, 1.165) is 30.1 Å². The molecular weight excluding hydrogens is 224 g/mol. The fourth-order valence-corrected chi connectivity index (χ4v) is 1.95. The molecule has 0 aromatic carbocycles. The van der Waals surface area contributed by atoms with Crippen molar-refractivity contribution in [1.82, 2.24) is 10.3 Å². The third-order valence-corrected chi connectivity index (χ3v) is 3.11. The monoisotopic (exact) mass is 244 g/mol. The van der Waals surface area contributed by atoms with Crippen molar-refractivity contribution >= 4 is 0 Å². The summed E-state index contributed by atoms with van der Waals surface area (Å²) in [5.74, 6) is 2.01. The Kier molecular flexibility index (Phi) is 4.15. The summed E-state index contributed by atoms with van der Waals surface area (Å²) in [7, 11) is 1.95. The van der Waals surface area contributed by atoms with E-state index in [1.54, 1.807) is 0 Å². The van der Waals surface area contributed by atoms with Gasteiger partial charge in [-0.15, -0.1) is 0 Å². The van der Waals surface area contributed by atoms with Crippen molar-refractivity contribution in [3.63, 3.8) is 0 Å². The summed E-state index contributed by atoms with van der Waals surface area (Å²) in [5.41, 5.74) is 2.26. The van der Waals surface area contributed by atoms with E-state index < -0.39 is 0 Å². The zero-order valence-electron chi connectivity index (χ0n) is 11.2. The molecule has 0 aliphatic heterocycles. The number of nitrogens with one attached hydrogen (secondary N) is 1. The molecule has 0 saturated carbocycles. The van der Waals surface area contributed by atoms with Crippen LogP contribution < -0.4 is 5.32 Å². The van der Waals surface area contributed by atoms with Crippen molar-refractivity contribution in [3.8, 4) is 0 Å². The Morgan fingerprint density at radius 3 is 2.67 bits per heavy atom. The first-order valence-electron chi connectivity index (χ1n) is 6.40. The Morgan fingerprint density at radius 2 is 2.11 bits per heavy atom. The van der Waals surface area contributed by atoms with Crippen LogP contribution >= 0.6 is 0 Å². The van der Waals surface area contributed by atoms with Crippen LogP contribution in [0.5, 0.6) is 0 Å². The summed E-state index contributed by atoms with van der Waals surface area (Å²) in [5, 5.41) is 3.29. The fourth-order valence-electron chi connectivity index (χ4n) is 1.95. The molecule has 0 spiro atoms. The third-order valence-electron chi connectivity index (χ3n) is 3.11. The number of likely N-dealkylation sites (N-methyl/N-ethyl adjacent to an activating group) is 1. The average Bonchev–Trinajstić information content (AvgIpc) is 2.87. The van der Waals surface area contributed by atoms with Crippen molar-refractivity contribution in [2.75, 3.05) is 7.05 Å². The van der Waals surface area contributed by atoms with E-state index in [2.05, 4.69) is 29.4 Å². The van der Waals surface area contributed by atoms with Crippen LogP contribution in [0.15, 0.2) is 34.9 Å². The molecule has 1 atom stereocenters. The zero-order chi connectivity index (χ0) is 13.0. The minimum absolute atomic E-state index is 0.181. The van der Waals surface area contributed by atoms with E-state index in [4.69, 9.17) is 4.42 Å². The van der Waals surface area contributed by atoms with E-state index in [1.807, 2.05) is 32.3 Å². The number of aryl methyl sites for hydroxylation is 2. The Hall–Kier alpha value is -1.61. The number of aromatic nitrogens is 1. The van der Waals surface area contributed by atoms with Gasteiger partial charge in [0.2, 0.25) is 0 Å². The van der Waals surface area contributed by atoms with E-state index in [9.17, 15) is 0 Å². The molecule has 2 aromatic rings. The molecule has 2 aromatic heterocycles. The number of hydrogen-bond acceptors (Lipinski definition) is 3. The lowest BCUT2D eigenvalue weighted by molar-refractivity contribution is 0.405. The molecule has 3 heteroatoms. The Bertz CT molecular complexity index is 487. The predicted octanol–water partition coefficient (Wildman–Crippen LogP) is 3.05. The van der Waals surface area contributed by atoms with E-state index in [0.29, 0.717) is 0 Å². The SMILES string of the molecule is CCc1ccc(C(Cc2ccc(C)cn2)NC)o1. The highest BCUT2D eigenvalue weighted by Crippen LogP contribution is 2.20. The van der Waals surface area contributed by atoms with E-state index in [1.165, 1.54) is 5.56 Å². The number of rotatable bonds is 5. The molecule has 1 N–H and O–H groups in total. The molecule has 18 heavy (non-hydrogen) atoms. The maximum atomic E-state index is 5.79. The van der Waals surface area contributed by atoms with Crippen LogP contribution in [0.25, 0.3) is 0 Å². The molecule has 0 bridgehead atoms. The normalized spacial score (nSPS) is 12.6. The quantitative estimate of drug-likeness (QED) is 0.878. The van der Waals surface area contributed by atoms with Gasteiger partial charge in [-0.3, -0.25) is 4.98 Å². The van der Waals surface area contributed by atoms with Gasteiger partial charge < -0.3 is 9.73 Å². The van der Waals surface area contributed by atoms with Gasteiger partial charge in [-0.05, 0) is 37.7 Å². The number of pyridine rings is 1. The summed E-state index contributed by atoms with van der Waals surface area (Å²) in [6.07, 6.45) is 3.67. The molecule has 96 valence electrons. The van der Waals surface area contributed by atoms with Crippen LogP contribution in [0.1, 0.15) is 35.7 Å². The van der Waals surface area contributed by atoms with Gasteiger partial charge in [0, 0.05) is 24.7 Å². The van der Waals surface area contributed by atoms with Crippen molar-refractivity contribution in [3.05, 3.63) is 53.2 Å². The minimum Gasteiger partial charge on any atom is -0.464 e. The topological polar surface area (TPSA) is 38.1 Å². The highest BCUT2D eigenvalue weighted by Gasteiger charge is 2.14. The van der Waals surface area contributed by atoms with Gasteiger partial charge in [-0.25, -0.2) is 0 Å². The second-order valence-electron chi connectivity index (χ2n) is 4.53. The first-order chi connectivity index (χ1) is 8.72. The maximum Gasteiger partial charge on any atom is 0.121 e. The Labute approximate surface area is 108 Å². The fraction of sp³-hybridized carbons (Fsp3) is 0.400. The van der Waals surface area contributed by atoms with Gasteiger partial charge in [0.05, 0.1) is 6.04 Å². The first-order valence-corrected chi connectivity index (χ1v) is 6.40.